The fraction of sp³-hybridized carbons (Fsp3) is 0.500. The molecule has 0 spiro atoms. The van der Waals surface area contributed by atoms with Crippen LogP contribution in [-0.2, 0) is 4.79 Å². The van der Waals surface area contributed by atoms with E-state index in [9.17, 15) is 9.59 Å². The summed E-state index contributed by atoms with van der Waals surface area (Å²) in [6, 6.07) is 4.01. The van der Waals surface area contributed by atoms with E-state index in [0.29, 0.717) is 13.1 Å². The first kappa shape index (κ1) is 19.7. The molecule has 3 aliphatic rings. The highest BCUT2D eigenvalue weighted by Gasteiger charge is 2.45. The predicted molar refractivity (Wildman–Crippen MR) is 114 cm³/mol. The number of carbonyl (C=O) groups excluding carboxylic acids is 2. The second kappa shape index (κ2) is 7.69. The highest BCUT2D eigenvalue weighted by molar-refractivity contribution is 6.01. The monoisotopic (exact) mass is 393 g/mol. The van der Waals surface area contributed by atoms with Gasteiger partial charge in [-0.3, -0.25) is 9.69 Å². The highest BCUT2D eigenvalue weighted by Crippen LogP contribution is 2.40. The molecule has 2 heterocycles. The van der Waals surface area contributed by atoms with E-state index in [-0.39, 0.29) is 24.0 Å². The third kappa shape index (κ3) is 3.37. The number of benzene rings is 1. The summed E-state index contributed by atoms with van der Waals surface area (Å²) < 4.78 is 0. The van der Waals surface area contributed by atoms with E-state index < -0.39 is 0 Å². The molecule has 0 bridgehead atoms. The Morgan fingerprint density at radius 3 is 2.45 bits per heavy atom. The van der Waals surface area contributed by atoms with Gasteiger partial charge in [0.25, 0.3) is 5.91 Å². The number of rotatable bonds is 4. The van der Waals surface area contributed by atoms with Crippen molar-refractivity contribution < 1.29 is 9.59 Å². The molecule has 4 rings (SSSR count). The molecular weight excluding hydrogens is 362 g/mol. The minimum absolute atomic E-state index is 0.0867. The summed E-state index contributed by atoms with van der Waals surface area (Å²) in [6.07, 6.45) is 7.43. The first-order valence-electron chi connectivity index (χ1n) is 10.7. The molecule has 1 N–H and O–H groups in total. The predicted octanol–water partition coefficient (Wildman–Crippen LogP) is 4.29. The second-order valence-electron chi connectivity index (χ2n) is 8.66. The third-order valence-electron chi connectivity index (χ3n) is 6.77. The van der Waals surface area contributed by atoms with Gasteiger partial charge in [0.2, 0.25) is 0 Å². The molecule has 1 aliphatic carbocycles. The zero-order valence-electron chi connectivity index (χ0n) is 17.8. The molecule has 1 aromatic carbocycles. The van der Waals surface area contributed by atoms with E-state index in [1.54, 1.807) is 11.0 Å². The lowest BCUT2D eigenvalue weighted by Gasteiger charge is -2.33. The van der Waals surface area contributed by atoms with E-state index in [1.807, 2.05) is 4.90 Å². The van der Waals surface area contributed by atoms with Gasteiger partial charge in [-0.05, 0) is 55.9 Å². The van der Waals surface area contributed by atoms with Gasteiger partial charge in [0.05, 0.1) is 23.9 Å². The van der Waals surface area contributed by atoms with Crippen LogP contribution in [0, 0.1) is 20.8 Å². The number of amides is 3. The van der Waals surface area contributed by atoms with Crippen molar-refractivity contribution in [3.8, 4) is 0 Å². The Morgan fingerprint density at radius 1 is 1.07 bits per heavy atom. The molecule has 29 heavy (non-hydrogen) atoms. The molecular formula is C24H31N3O2. The number of nitrogens with zero attached hydrogens (tertiary/aromatic N) is 2. The Balaban J connectivity index is 1.77. The van der Waals surface area contributed by atoms with Gasteiger partial charge in [-0.2, -0.15) is 0 Å². The summed E-state index contributed by atoms with van der Waals surface area (Å²) in [4.78, 5) is 30.3. The van der Waals surface area contributed by atoms with Crippen LogP contribution < -0.4 is 5.32 Å². The minimum atomic E-state index is -0.390. The Morgan fingerprint density at radius 2 is 1.76 bits per heavy atom. The molecule has 5 nitrogen and oxygen atoms in total. The van der Waals surface area contributed by atoms with Crippen LogP contribution >= 0.6 is 0 Å². The average molecular weight is 394 g/mol. The van der Waals surface area contributed by atoms with E-state index in [2.05, 4.69) is 44.8 Å². The van der Waals surface area contributed by atoms with Gasteiger partial charge in [-0.1, -0.05) is 37.5 Å². The fourth-order valence-corrected chi connectivity index (χ4v) is 5.05. The van der Waals surface area contributed by atoms with Gasteiger partial charge in [0, 0.05) is 12.6 Å². The largest absolute Gasteiger partial charge is 0.330 e. The lowest BCUT2D eigenvalue weighted by molar-refractivity contribution is -0.128. The average Bonchev–Trinajstić information content (AvgIpc) is 3.05. The van der Waals surface area contributed by atoms with Gasteiger partial charge in [-0.15, -0.1) is 6.58 Å². The van der Waals surface area contributed by atoms with Crippen molar-refractivity contribution in [1.82, 2.24) is 15.1 Å². The Kier molecular flexibility index (Phi) is 5.24. The SMILES string of the molecule is C=CCN1C(=O)N[C@H](c2cc(C)c(C)cc2C)C2=C1CN(C1CCCCC1)C2=O. The molecule has 1 atom stereocenters. The molecule has 0 radical (unpaired) electrons. The van der Waals surface area contributed by atoms with Crippen LogP contribution in [0.15, 0.2) is 36.1 Å². The maximum Gasteiger partial charge on any atom is 0.322 e. The molecule has 1 fully saturated rings. The van der Waals surface area contributed by atoms with Crippen molar-refractivity contribution in [2.75, 3.05) is 13.1 Å². The van der Waals surface area contributed by atoms with Crippen LogP contribution in [0.3, 0.4) is 0 Å². The molecule has 2 aliphatic heterocycles. The van der Waals surface area contributed by atoms with Gasteiger partial charge in [-0.25, -0.2) is 4.79 Å². The summed E-state index contributed by atoms with van der Waals surface area (Å²) >= 11 is 0. The minimum Gasteiger partial charge on any atom is -0.330 e. The Bertz CT molecular complexity index is 896. The summed E-state index contributed by atoms with van der Waals surface area (Å²) in [5.74, 6) is 0.0867. The normalized spacial score (nSPS) is 22.8. The number of hydrogen-bond donors (Lipinski definition) is 1. The molecule has 0 aromatic heterocycles. The lowest BCUT2D eigenvalue weighted by Crippen LogP contribution is -2.47. The summed E-state index contributed by atoms with van der Waals surface area (Å²) in [5, 5.41) is 3.11. The number of urea groups is 1. The fourth-order valence-electron chi connectivity index (χ4n) is 5.05. The summed E-state index contributed by atoms with van der Waals surface area (Å²) in [5.41, 5.74) is 6.11. The quantitative estimate of drug-likeness (QED) is 0.776. The van der Waals surface area contributed by atoms with E-state index in [4.69, 9.17) is 0 Å². The number of carbonyl (C=O) groups is 2. The maximum atomic E-state index is 13.6. The van der Waals surface area contributed by atoms with E-state index >= 15 is 0 Å². The van der Waals surface area contributed by atoms with Crippen molar-refractivity contribution in [3.63, 3.8) is 0 Å². The second-order valence-corrected chi connectivity index (χ2v) is 8.66. The zero-order chi connectivity index (χ0) is 20.7. The molecule has 154 valence electrons. The Hall–Kier alpha value is -2.56. The maximum absolute atomic E-state index is 13.6. The van der Waals surface area contributed by atoms with Crippen molar-refractivity contribution in [1.29, 1.82) is 0 Å². The van der Waals surface area contributed by atoms with Crippen LogP contribution in [-0.4, -0.2) is 40.9 Å². The highest BCUT2D eigenvalue weighted by atomic mass is 16.2. The number of nitrogens with one attached hydrogen (secondary N) is 1. The van der Waals surface area contributed by atoms with Crippen molar-refractivity contribution in [2.24, 2.45) is 0 Å². The van der Waals surface area contributed by atoms with Crippen LogP contribution in [0.2, 0.25) is 0 Å². The summed E-state index contributed by atoms with van der Waals surface area (Å²) in [7, 11) is 0. The van der Waals surface area contributed by atoms with E-state index in [0.717, 1.165) is 35.2 Å². The smallest absolute Gasteiger partial charge is 0.322 e. The van der Waals surface area contributed by atoms with Crippen molar-refractivity contribution in [3.05, 3.63) is 58.3 Å². The van der Waals surface area contributed by atoms with Gasteiger partial charge in [0.1, 0.15) is 0 Å². The van der Waals surface area contributed by atoms with Crippen LogP contribution in [0.25, 0.3) is 0 Å². The van der Waals surface area contributed by atoms with Crippen LogP contribution in [0.4, 0.5) is 4.79 Å². The number of hydrogen-bond acceptors (Lipinski definition) is 2. The van der Waals surface area contributed by atoms with Crippen LogP contribution in [0.1, 0.15) is 60.4 Å². The molecule has 5 heteroatoms. The molecule has 1 aromatic rings. The Labute approximate surface area is 173 Å². The molecule has 3 amide bonds. The van der Waals surface area contributed by atoms with Gasteiger partial charge in [0.15, 0.2) is 0 Å². The lowest BCUT2D eigenvalue weighted by atomic mass is 9.89. The zero-order valence-corrected chi connectivity index (χ0v) is 17.8. The van der Waals surface area contributed by atoms with Crippen molar-refractivity contribution >= 4 is 11.9 Å². The first-order chi connectivity index (χ1) is 13.9. The molecule has 1 saturated carbocycles. The molecule has 0 saturated heterocycles. The standard InChI is InChI=1S/C24H31N3O2/c1-5-11-26-20-14-27(18-9-7-6-8-10-18)23(28)21(20)22(25-24(26)29)19-13-16(3)15(2)12-17(19)4/h5,12-13,18,22H,1,6-11,14H2,2-4H3,(H,25,29)/t22-/m1/s1. The topological polar surface area (TPSA) is 52.7 Å². The summed E-state index contributed by atoms with van der Waals surface area (Å²) in [6.45, 7) is 11.0. The molecule has 0 unspecified atom stereocenters. The third-order valence-corrected chi connectivity index (χ3v) is 6.77. The number of aryl methyl sites for hydroxylation is 3. The first-order valence-corrected chi connectivity index (χ1v) is 10.7. The van der Waals surface area contributed by atoms with Gasteiger partial charge >= 0.3 is 6.03 Å². The van der Waals surface area contributed by atoms with Crippen LogP contribution in [0.5, 0.6) is 0 Å². The van der Waals surface area contributed by atoms with Gasteiger partial charge < -0.3 is 10.2 Å². The van der Waals surface area contributed by atoms with Crippen molar-refractivity contribution in [2.45, 2.75) is 65.0 Å². The van der Waals surface area contributed by atoms with E-state index in [1.165, 1.54) is 30.4 Å².